The second-order valence-electron chi connectivity index (χ2n) is 2.34. The van der Waals surface area contributed by atoms with E-state index in [4.69, 9.17) is 9.52 Å². The molecule has 0 aromatic carbocycles. The summed E-state index contributed by atoms with van der Waals surface area (Å²) in [5.41, 5.74) is 0. The zero-order valence-electron chi connectivity index (χ0n) is 6.97. The first-order valence-electron chi connectivity index (χ1n) is 3.78. The summed E-state index contributed by atoms with van der Waals surface area (Å²) >= 11 is 1.61. The summed E-state index contributed by atoms with van der Waals surface area (Å²) in [5, 5.41) is 8.28. The van der Waals surface area contributed by atoms with Crippen molar-refractivity contribution < 1.29 is 14.3 Å². The number of carboxylic acids is 1. The minimum absolute atomic E-state index is 0.688. The molecule has 0 aliphatic heterocycles. The second kappa shape index (κ2) is 5.48. The molecule has 70 valence electrons. The predicted octanol–water partition coefficient (Wildman–Crippen LogP) is 2.15. The molecule has 1 aromatic rings. The highest BCUT2D eigenvalue weighted by molar-refractivity contribution is 7.98. The lowest BCUT2D eigenvalue weighted by Crippen LogP contribution is -1.86. The van der Waals surface area contributed by atoms with Gasteiger partial charge in [0.05, 0.1) is 12.0 Å². The highest BCUT2D eigenvalue weighted by Gasteiger charge is 1.93. The largest absolute Gasteiger partial charge is 0.478 e. The molecule has 1 N–H and O–H groups in total. The molecule has 1 heterocycles. The van der Waals surface area contributed by atoms with Gasteiger partial charge in [0.15, 0.2) is 0 Å². The number of carboxylic acid groups (broad SMARTS) is 1. The normalized spacial score (nSPS) is 10.8. The van der Waals surface area contributed by atoms with Crippen LogP contribution < -0.4 is 0 Å². The van der Waals surface area contributed by atoms with Crippen molar-refractivity contribution in [2.24, 2.45) is 0 Å². The summed E-state index contributed by atoms with van der Waals surface area (Å²) < 4.78 is 5.10. The van der Waals surface area contributed by atoms with Gasteiger partial charge in [0.25, 0.3) is 0 Å². The molecule has 0 saturated heterocycles. The van der Waals surface area contributed by atoms with Gasteiger partial charge in [0, 0.05) is 11.8 Å². The van der Waals surface area contributed by atoms with E-state index in [1.54, 1.807) is 24.1 Å². The van der Waals surface area contributed by atoms with Crippen molar-refractivity contribution in [3.63, 3.8) is 0 Å². The Balaban J connectivity index is 2.12. The SMILES string of the molecule is O=C(O)C=CCSCc1ccco1. The fourth-order valence-electron chi connectivity index (χ4n) is 0.771. The molecular weight excluding hydrogens is 188 g/mol. The summed E-state index contributed by atoms with van der Waals surface area (Å²) in [6.07, 6.45) is 4.40. The molecule has 1 rings (SSSR count). The molecule has 1 aromatic heterocycles. The Morgan fingerprint density at radius 2 is 2.54 bits per heavy atom. The van der Waals surface area contributed by atoms with E-state index in [0.717, 1.165) is 17.6 Å². The Kier molecular flexibility index (Phi) is 4.18. The Labute approximate surface area is 80.4 Å². The molecule has 0 saturated carbocycles. The average Bonchev–Trinajstić information content (AvgIpc) is 2.55. The van der Waals surface area contributed by atoms with Crippen LogP contribution in [0.2, 0.25) is 0 Å². The van der Waals surface area contributed by atoms with Gasteiger partial charge in [0.2, 0.25) is 0 Å². The van der Waals surface area contributed by atoms with Crippen molar-refractivity contribution in [2.45, 2.75) is 5.75 Å². The number of hydrogen-bond acceptors (Lipinski definition) is 3. The van der Waals surface area contributed by atoms with Crippen molar-refractivity contribution in [1.82, 2.24) is 0 Å². The highest BCUT2D eigenvalue weighted by Crippen LogP contribution is 2.11. The van der Waals surface area contributed by atoms with Gasteiger partial charge in [-0.15, -0.1) is 11.8 Å². The van der Waals surface area contributed by atoms with Crippen LogP contribution in [0, 0.1) is 0 Å². The number of furan rings is 1. The summed E-state index contributed by atoms with van der Waals surface area (Å²) in [6, 6.07) is 3.73. The van der Waals surface area contributed by atoms with E-state index in [2.05, 4.69) is 0 Å². The summed E-state index contributed by atoms with van der Waals surface area (Å²) in [5.74, 6) is 1.47. The first-order valence-corrected chi connectivity index (χ1v) is 4.94. The fourth-order valence-corrected chi connectivity index (χ4v) is 1.49. The second-order valence-corrected chi connectivity index (χ2v) is 3.37. The maximum Gasteiger partial charge on any atom is 0.328 e. The standard InChI is InChI=1S/C9H10O3S/c10-9(11)4-2-6-13-7-8-3-1-5-12-8/h1-5H,6-7H2,(H,10,11). The number of rotatable bonds is 5. The van der Waals surface area contributed by atoms with E-state index < -0.39 is 5.97 Å². The molecule has 0 atom stereocenters. The van der Waals surface area contributed by atoms with Crippen molar-refractivity contribution in [3.05, 3.63) is 36.3 Å². The van der Waals surface area contributed by atoms with Gasteiger partial charge in [-0.2, -0.15) is 0 Å². The molecule has 0 aliphatic carbocycles. The van der Waals surface area contributed by atoms with E-state index >= 15 is 0 Å². The zero-order valence-corrected chi connectivity index (χ0v) is 7.79. The van der Waals surface area contributed by atoms with E-state index in [1.807, 2.05) is 12.1 Å². The number of thioether (sulfide) groups is 1. The van der Waals surface area contributed by atoms with Gasteiger partial charge in [-0.1, -0.05) is 6.08 Å². The summed E-state index contributed by atoms with van der Waals surface area (Å²) in [6.45, 7) is 0. The van der Waals surface area contributed by atoms with Gasteiger partial charge in [-0.05, 0) is 12.1 Å². The van der Waals surface area contributed by atoms with E-state index in [-0.39, 0.29) is 0 Å². The van der Waals surface area contributed by atoms with Crippen LogP contribution in [0.5, 0.6) is 0 Å². The van der Waals surface area contributed by atoms with Gasteiger partial charge in [0.1, 0.15) is 5.76 Å². The zero-order chi connectivity index (χ0) is 9.52. The molecule has 0 amide bonds. The van der Waals surface area contributed by atoms with Gasteiger partial charge in [-0.25, -0.2) is 4.79 Å². The van der Waals surface area contributed by atoms with Crippen LogP contribution in [-0.4, -0.2) is 16.8 Å². The van der Waals surface area contributed by atoms with E-state index in [1.165, 1.54) is 0 Å². The van der Waals surface area contributed by atoms with Crippen molar-refractivity contribution in [2.75, 3.05) is 5.75 Å². The first-order chi connectivity index (χ1) is 6.29. The Bertz CT molecular complexity index is 277. The minimum atomic E-state index is -0.904. The molecule has 4 heteroatoms. The predicted molar refractivity (Wildman–Crippen MR) is 51.6 cm³/mol. The lowest BCUT2D eigenvalue weighted by Gasteiger charge is -1.92. The van der Waals surface area contributed by atoms with Crippen LogP contribution in [0.15, 0.2) is 35.0 Å². The van der Waals surface area contributed by atoms with Crippen molar-refractivity contribution in [1.29, 1.82) is 0 Å². The maximum atomic E-state index is 10.1. The topological polar surface area (TPSA) is 50.4 Å². The number of aliphatic carboxylic acids is 1. The molecule has 3 nitrogen and oxygen atoms in total. The quantitative estimate of drug-likeness (QED) is 0.581. The molecule has 13 heavy (non-hydrogen) atoms. The number of hydrogen-bond donors (Lipinski definition) is 1. The minimum Gasteiger partial charge on any atom is -0.478 e. The highest BCUT2D eigenvalue weighted by atomic mass is 32.2. The smallest absolute Gasteiger partial charge is 0.328 e. The van der Waals surface area contributed by atoms with Crippen molar-refractivity contribution >= 4 is 17.7 Å². The van der Waals surface area contributed by atoms with E-state index in [0.29, 0.717) is 5.75 Å². The van der Waals surface area contributed by atoms with Gasteiger partial charge >= 0.3 is 5.97 Å². The van der Waals surface area contributed by atoms with Crippen LogP contribution in [0.25, 0.3) is 0 Å². The van der Waals surface area contributed by atoms with Crippen LogP contribution in [0.4, 0.5) is 0 Å². The molecule has 0 aliphatic rings. The summed E-state index contributed by atoms with van der Waals surface area (Å²) in [4.78, 5) is 10.1. The molecule has 0 fully saturated rings. The number of carbonyl (C=O) groups is 1. The molecular formula is C9H10O3S. The molecule has 0 spiro atoms. The Morgan fingerprint density at radius 1 is 1.69 bits per heavy atom. The van der Waals surface area contributed by atoms with E-state index in [9.17, 15) is 4.79 Å². The van der Waals surface area contributed by atoms with Crippen LogP contribution >= 0.6 is 11.8 Å². The Morgan fingerprint density at radius 3 is 3.15 bits per heavy atom. The monoisotopic (exact) mass is 198 g/mol. The van der Waals surface area contributed by atoms with Crippen LogP contribution in [0.3, 0.4) is 0 Å². The fraction of sp³-hybridized carbons (Fsp3) is 0.222. The third-order valence-electron chi connectivity index (χ3n) is 1.30. The maximum absolute atomic E-state index is 10.1. The molecule has 0 radical (unpaired) electrons. The van der Waals surface area contributed by atoms with Gasteiger partial charge in [-0.3, -0.25) is 0 Å². The molecule has 0 unspecified atom stereocenters. The summed E-state index contributed by atoms with van der Waals surface area (Å²) in [7, 11) is 0. The van der Waals surface area contributed by atoms with Gasteiger partial charge < -0.3 is 9.52 Å². The van der Waals surface area contributed by atoms with Crippen LogP contribution in [-0.2, 0) is 10.5 Å². The first kappa shape index (κ1) is 9.92. The lowest BCUT2D eigenvalue weighted by atomic mass is 10.5. The Hall–Kier alpha value is -1.16. The van der Waals surface area contributed by atoms with Crippen molar-refractivity contribution in [3.8, 4) is 0 Å². The third kappa shape index (κ3) is 4.42. The van der Waals surface area contributed by atoms with Crippen LogP contribution in [0.1, 0.15) is 5.76 Å². The molecule has 0 bridgehead atoms. The lowest BCUT2D eigenvalue weighted by molar-refractivity contribution is -0.131. The third-order valence-corrected chi connectivity index (χ3v) is 2.22. The average molecular weight is 198 g/mol.